The number of ether oxygens (including phenoxy) is 1. The number of benzene rings is 1. The second-order valence-electron chi connectivity index (χ2n) is 8.62. The summed E-state index contributed by atoms with van der Waals surface area (Å²) in [5, 5.41) is 5.98. The van der Waals surface area contributed by atoms with E-state index < -0.39 is 0 Å². The summed E-state index contributed by atoms with van der Waals surface area (Å²) in [7, 11) is 1.90. The van der Waals surface area contributed by atoms with Crippen LogP contribution in [0.5, 0.6) is 0 Å². The summed E-state index contributed by atoms with van der Waals surface area (Å²) in [6.45, 7) is 5.10. The Morgan fingerprint density at radius 2 is 2.00 bits per heavy atom. The summed E-state index contributed by atoms with van der Waals surface area (Å²) in [5.74, 6) is 0.944. The summed E-state index contributed by atoms with van der Waals surface area (Å²) in [5.41, 5.74) is 2.15. The fourth-order valence-electron chi connectivity index (χ4n) is 4.59. The summed E-state index contributed by atoms with van der Waals surface area (Å²) in [6.07, 6.45) is 9.53. The molecule has 162 valence electrons. The molecule has 2 aromatic heterocycles. The Labute approximate surface area is 192 Å². The van der Waals surface area contributed by atoms with Crippen LogP contribution in [0.25, 0.3) is 11.3 Å². The molecular formula is C23H26ClN5OS. The molecule has 0 bridgehead atoms. The van der Waals surface area contributed by atoms with Gasteiger partial charge < -0.3 is 9.64 Å². The third-order valence-corrected chi connectivity index (χ3v) is 7.82. The molecule has 1 spiro atoms. The Hall–Kier alpha value is -2.09. The third-order valence-electron chi connectivity index (χ3n) is 6.32. The van der Waals surface area contributed by atoms with Crippen LogP contribution >= 0.6 is 23.4 Å². The molecule has 1 aromatic carbocycles. The van der Waals surface area contributed by atoms with Crippen molar-refractivity contribution in [2.45, 2.75) is 42.2 Å². The fraction of sp³-hybridized carbons (Fsp3) is 0.435. The van der Waals surface area contributed by atoms with Crippen LogP contribution in [0, 0.1) is 5.41 Å². The van der Waals surface area contributed by atoms with Crippen molar-refractivity contribution in [2.24, 2.45) is 12.5 Å². The molecule has 3 aromatic rings. The van der Waals surface area contributed by atoms with Crippen LogP contribution in [0.15, 0.2) is 52.8 Å². The maximum absolute atomic E-state index is 6.69. The second-order valence-corrected chi connectivity index (χ2v) is 10.1. The number of rotatable bonds is 4. The fourth-order valence-corrected chi connectivity index (χ4v) is 5.71. The van der Waals surface area contributed by atoms with Gasteiger partial charge in [0.2, 0.25) is 0 Å². The number of nitrogens with zero attached hydrogens (tertiary/aromatic N) is 5. The molecule has 2 aliphatic rings. The number of aryl methyl sites for hydroxylation is 1. The molecule has 0 saturated carbocycles. The Bertz CT molecular complexity index is 1060. The highest BCUT2D eigenvalue weighted by Gasteiger charge is 2.41. The number of anilines is 1. The quantitative estimate of drug-likeness (QED) is 0.547. The number of halogens is 1. The highest BCUT2D eigenvalue weighted by Crippen LogP contribution is 2.42. The number of hydrogen-bond donors (Lipinski definition) is 0. The van der Waals surface area contributed by atoms with Gasteiger partial charge in [0.1, 0.15) is 10.8 Å². The smallest absolute Gasteiger partial charge is 0.147 e. The highest BCUT2D eigenvalue weighted by atomic mass is 35.5. The lowest BCUT2D eigenvalue weighted by molar-refractivity contribution is 0.0976. The molecule has 4 heterocycles. The van der Waals surface area contributed by atoms with E-state index in [4.69, 9.17) is 21.3 Å². The van der Waals surface area contributed by atoms with Crippen molar-refractivity contribution in [2.75, 3.05) is 24.6 Å². The van der Waals surface area contributed by atoms with Crippen molar-refractivity contribution in [1.82, 2.24) is 19.7 Å². The standard InChI is InChI=1S/C23H26ClN5OS/c1-16-12-23(15-30-16)7-10-29(11-8-23)20-13-26-21(14-25-20)31-19-5-3-4-17(22(19)24)18-6-9-28(2)27-18/h3-6,9,13-14,16H,7-8,10-12,15H2,1-2H3/t16-/m0/s1. The van der Waals surface area contributed by atoms with E-state index in [9.17, 15) is 0 Å². The van der Waals surface area contributed by atoms with Gasteiger partial charge in [-0.1, -0.05) is 35.5 Å². The van der Waals surface area contributed by atoms with Crippen molar-refractivity contribution in [1.29, 1.82) is 0 Å². The van der Waals surface area contributed by atoms with Gasteiger partial charge in [-0.15, -0.1) is 0 Å². The minimum absolute atomic E-state index is 0.370. The zero-order valence-corrected chi connectivity index (χ0v) is 19.4. The van der Waals surface area contributed by atoms with E-state index in [-0.39, 0.29) is 0 Å². The minimum Gasteiger partial charge on any atom is -0.378 e. The first-order valence-corrected chi connectivity index (χ1v) is 11.9. The molecule has 0 radical (unpaired) electrons. The molecule has 8 heteroatoms. The molecule has 0 amide bonds. The van der Waals surface area contributed by atoms with E-state index in [0.717, 1.165) is 59.5 Å². The van der Waals surface area contributed by atoms with Crippen LogP contribution in [0.1, 0.15) is 26.2 Å². The van der Waals surface area contributed by atoms with Crippen LogP contribution in [-0.4, -0.2) is 45.5 Å². The topological polar surface area (TPSA) is 56.1 Å². The number of piperidine rings is 1. The Morgan fingerprint density at radius 3 is 2.65 bits per heavy atom. The lowest BCUT2D eigenvalue weighted by Gasteiger charge is -2.38. The van der Waals surface area contributed by atoms with Gasteiger partial charge in [0, 0.05) is 36.8 Å². The third kappa shape index (κ3) is 4.31. The van der Waals surface area contributed by atoms with Gasteiger partial charge >= 0.3 is 0 Å². The van der Waals surface area contributed by atoms with Crippen molar-refractivity contribution < 1.29 is 4.74 Å². The maximum Gasteiger partial charge on any atom is 0.147 e. The van der Waals surface area contributed by atoms with Gasteiger partial charge in [-0.05, 0) is 43.7 Å². The average molecular weight is 456 g/mol. The summed E-state index contributed by atoms with van der Waals surface area (Å²) >= 11 is 8.21. The van der Waals surface area contributed by atoms with Gasteiger partial charge in [0.15, 0.2) is 0 Å². The molecule has 31 heavy (non-hydrogen) atoms. The summed E-state index contributed by atoms with van der Waals surface area (Å²) < 4.78 is 7.62. The van der Waals surface area contributed by atoms with Crippen LogP contribution in [0.2, 0.25) is 5.02 Å². The Morgan fingerprint density at radius 1 is 1.16 bits per heavy atom. The monoisotopic (exact) mass is 455 g/mol. The van der Waals surface area contributed by atoms with E-state index in [0.29, 0.717) is 16.5 Å². The van der Waals surface area contributed by atoms with Crippen LogP contribution in [0.4, 0.5) is 5.82 Å². The van der Waals surface area contributed by atoms with Gasteiger partial charge in [0.05, 0.1) is 35.8 Å². The lowest BCUT2D eigenvalue weighted by Crippen LogP contribution is -2.41. The molecule has 2 fully saturated rings. The van der Waals surface area contributed by atoms with E-state index >= 15 is 0 Å². The Kier molecular flexibility index (Phi) is 5.67. The van der Waals surface area contributed by atoms with E-state index in [1.165, 1.54) is 18.2 Å². The molecule has 2 saturated heterocycles. The zero-order chi connectivity index (χ0) is 21.4. The first-order chi connectivity index (χ1) is 15.0. The van der Waals surface area contributed by atoms with Gasteiger partial charge in [0.25, 0.3) is 0 Å². The van der Waals surface area contributed by atoms with Gasteiger partial charge in [-0.3, -0.25) is 4.68 Å². The minimum atomic E-state index is 0.370. The first kappa shape index (κ1) is 20.8. The Balaban J connectivity index is 1.26. The normalized spacial score (nSPS) is 20.5. The lowest BCUT2D eigenvalue weighted by atomic mass is 9.77. The van der Waals surface area contributed by atoms with Gasteiger partial charge in [-0.2, -0.15) is 5.10 Å². The molecule has 6 nitrogen and oxygen atoms in total. The van der Waals surface area contributed by atoms with E-state index in [1.807, 2.05) is 49.9 Å². The predicted molar refractivity (Wildman–Crippen MR) is 124 cm³/mol. The first-order valence-electron chi connectivity index (χ1n) is 10.7. The molecule has 0 aliphatic carbocycles. The SMILES string of the molecule is C[C@H]1CC2(CCN(c3cnc(Sc4cccc(-c5ccn(C)n5)c4Cl)cn3)CC2)CO1. The van der Waals surface area contributed by atoms with E-state index in [1.54, 1.807) is 4.68 Å². The van der Waals surface area contributed by atoms with Gasteiger partial charge in [-0.25, -0.2) is 9.97 Å². The maximum atomic E-state index is 6.69. The number of hydrogen-bond acceptors (Lipinski definition) is 6. The molecule has 5 rings (SSSR count). The summed E-state index contributed by atoms with van der Waals surface area (Å²) in [6, 6.07) is 7.95. The van der Waals surface area contributed by atoms with Crippen LogP contribution in [-0.2, 0) is 11.8 Å². The van der Waals surface area contributed by atoms with E-state index in [2.05, 4.69) is 21.9 Å². The predicted octanol–water partition coefficient (Wildman–Crippen LogP) is 5.08. The summed E-state index contributed by atoms with van der Waals surface area (Å²) in [4.78, 5) is 12.6. The molecular weight excluding hydrogens is 430 g/mol. The van der Waals surface area contributed by atoms with Crippen LogP contribution < -0.4 is 4.90 Å². The molecule has 1 atom stereocenters. The molecule has 2 aliphatic heterocycles. The largest absolute Gasteiger partial charge is 0.378 e. The van der Waals surface area contributed by atoms with Crippen molar-refractivity contribution in [3.63, 3.8) is 0 Å². The molecule has 0 unspecified atom stereocenters. The second kappa shape index (κ2) is 8.45. The van der Waals surface area contributed by atoms with Crippen LogP contribution in [0.3, 0.4) is 0 Å². The zero-order valence-electron chi connectivity index (χ0n) is 17.8. The van der Waals surface area contributed by atoms with Crippen molar-refractivity contribution in [3.05, 3.63) is 47.9 Å². The van der Waals surface area contributed by atoms with Crippen molar-refractivity contribution >= 4 is 29.2 Å². The average Bonchev–Trinajstić information content (AvgIpc) is 3.36. The highest BCUT2D eigenvalue weighted by molar-refractivity contribution is 7.99. The molecule has 0 N–H and O–H groups in total. The van der Waals surface area contributed by atoms with Crippen molar-refractivity contribution in [3.8, 4) is 11.3 Å². The number of aromatic nitrogens is 4.